The lowest BCUT2D eigenvalue weighted by atomic mass is 9.85. The maximum atomic E-state index is 12.9. The van der Waals surface area contributed by atoms with Crippen molar-refractivity contribution in [1.82, 2.24) is 14.3 Å². The molecule has 1 N–H and O–H groups in total. The first kappa shape index (κ1) is 22.4. The second kappa shape index (κ2) is 8.74. The quantitative estimate of drug-likeness (QED) is 0.371. The number of benzene rings is 1. The molecule has 4 unspecified atom stereocenters. The topological polar surface area (TPSA) is 93.4 Å². The Morgan fingerprint density at radius 2 is 1.62 bits per heavy atom. The van der Waals surface area contributed by atoms with Gasteiger partial charge in [-0.05, 0) is 50.2 Å². The molecule has 8 nitrogen and oxygen atoms in total. The molecule has 3 amide bonds. The smallest absolute Gasteiger partial charge is 0.295 e. The van der Waals surface area contributed by atoms with Crippen LogP contribution in [0, 0.1) is 30.6 Å². The van der Waals surface area contributed by atoms with Crippen LogP contribution in [0.15, 0.2) is 47.3 Å². The largest absolute Gasteiger partial charge is 0.320 e. The number of hydrogen-bond donors (Lipinski definition) is 1. The lowest BCUT2D eigenvalue weighted by Crippen LogP contribution is -2.33. The highest BCUT2D eigenvalue weighted by atomic mass is 16.2. The van der Waals surface area contributed by atoms with Crippen molar-refractivity contribution in [2.45, 2.75) is 39.0 Å². The number of unbranched alkanes of at least 4 members (excludes halogenated alkanes) is 2. The Morgan fingerprint density at radius 3 is 2.26 bits per heavy atom. The number of hydrogen-bond acceptors (Lipinski definition) is 4. The Bertz CT molecular complexity index is 1200. The molecular weight excluding hydrogens is 432 g/mol. The molecule has 1 saturated heterocycles. The van der Waals surface area contributed by atoms with Crippen LogP contribution in [0.5, 0.6) is 0 Å². The average molecular weight is 463 g/mol. The van der Waals surface area contributed by atoms with Gasteiger partial charge in [0, 0.05) is 20.0 Å². The number of nitrogens with zero attached hydrogens (tertiary/aromatic N) is 3. The molecular formula is C26H30N4O4. The molecule has 4 atom stereocenters. The van der Waals surface area contributed by atoms with E-state index in [0.29, 0.717) is 30.8 Å². The Kier molecular flexibility index (Phi) is 5.75. The summed E-state index contributed by atoms with van der Waals surface area (Å²) in [6.45, 7) is 2.23. The molecule has 1 aliphatic heterocycles. The summed E-state index contributed by atoms with van der Waals surface area (Å²) < 4.78 is 3.26. The molecule has 2 fully saturated rings. The summed E-state index contributed by atoms with van der Waals surface area (Å²) in [5, 5.41) is 2.78. The van der Waals surface area contributed by atoms with Gasteiger partial charge in [0.25, 0.3) is 5.56 Å². The fourth-order valence-electron chi connectivity index (χ4n) is 5.83. The number of rotatable bonds is 8. The van der Waals surface area contributed by atoms with Crippen LogP contribution in [0.2, 0.25) is 0 Å². The van der Waals surface area contributed by atoms with Gasteiger partial charge in [-0.15, -0.1) is 0 Å². The summed E-state index contributed by atoms with van der Waals surface area (Å²) in [5.74, 6) is -0.0834. The average Bonchev–Trinajstić information content (AvgIpc) is 3.56. The molecule has 1 saturated carbocycles. The number of amides is 3. The Morgan fingerprint density at radius 1 is 0.971 bits per heavy atom. The van der Waals surface area contributed by atoms with E-state index >= 15 is 0 Å². The fourth-order valence-corrected chi connectivity index (χ4v) is 5.83. The highest BCUT2D eigenvalue weighted by Gasteiger charge is 2.58. The zero-order valence-corrected chi connectivity index (χ0v) is 19.6. The predicted octanol–water partition coefficient (Wildman–Crippen LogP) is 2.79. The normalized spacial score (nSPS) is 24.8. The maximum absolute atomic E-state index is 12.9. The SMILES string of the molecule is Cc1c(NC(=O)CCCCCN2C(=O)C3C4C=CC(C4)C3C2=O)c(=O)n(-c2ccccc2)n1C. The first-order valence-electron chi connectivity index (χ1n) is 12.1. The van der Waals surface area contributed by atoms with Gasteiger partial charge in [0.1, 0.15) is 5.69 Å². The van der Waals surface area contributed by atoms with Gasteiger partial charge >= 0.3 is 0 Å². The van der Waals surface area contributed by atoms with E-state index in [2.05, 4.69) is 17.5 Å². The first-order chi connectivity index (χ1) is 16.4. The molecule has 1 aromatic carbocycles. The molecule has 8 heteroatoms. The van der Waals surface area contributed by atoms with Crippen molar-refractivity contribution in [3.63, 3.8) is 0 Å². The van der Waals surface area contributed by atoms with E-state index in [9.17, 15) is 19.2 Å². The minimum absolute atomic E-state index is 0.0150. The molecule has 0 spiro atoms. The summed E-state index contributed by atoms with van der Waals surface area (Å²) in [4.78, 5) is 52.3. The number of nitrogens with one attached hydrogen (secondary N) is 1. The minimum atomic E-state index is -0.264. The number of anilines is 1. The Hall–Kier alpha value is -3.42. The Balaban J connectivity index is 1.11. The summed E-state index contributed by atoms with van der Waals surface area (Å²) in [6.07, 6.45) is 7.45. The van der Waals surface area contributed by atoms with Crippen molar-refractivity contribution < 1.29 is 14.4 Å². The Labute approximate surface area is 198 Å². The van der Waals surface area contributed by atoms with Gasteiger partial charge in [0.2, 0.25) is 17.7 Å². The lowest BCUT2D eigenvalue weighted by Gasteiger charge is -2.16. The number of allylic oxidation sites excluding steroid dienone is 2. The molecule has 3 aliphatic rings. The summed E-state index contributed by atoms with van der Waals surface area (Å²) in [6, 6.07) is 9.29. The number of imide groups is 1. The number of fused-ring (bicyclic) bond motifs is 5. The van der Waals surface area contributed by atoms with Crippen LogP contribution < -0.4 is 10.9 Å². The molecule has 0 radical (unpaired) electrons. The molecule has 1 aromatic heterocycles. The van der Waals surface area contributed by atoms with Crippen LogP contribution in [0.3, 0.4) is 0 Å². The molecule has 2 heterocycles. The number of carbonyl (C=O) groups excluding carboxylic acids is 3. The summed E-state index contributed by atoms with van der Waals surface area (Å²) in [5.41, 5.74) is 1.44. The zero-order valence-electron chi connectivity index (χ0n) is 19.6. The molecule has 178 valence electrons. The van der Waals surface area contributed by atoms with Crippen molar-refractivity contribution in [2.75, 3.05) is 11.9 Å². The van der Waals surface area contributed by atoms with E-state index in [0.717, 1.165) is 18.5 Å². The number of carbonyl (C=O) groups is 3. The third-order valence-electron chi connectivity index (χ3n) is 7.67. The highest BCUT2D eigenvalue weighted by Crippen LogP contribution is 2.52. The van der Waals surface area contributed by atoms with Gasteiger partial charge in [-0.3, -0.25) is 28.8 Å². The number of para-hydroxylation sites is 1. The third-order valence-corrected chi connectivity index (χ3v) is 7.67. The van der Waals surface area contributed by atoms with Gasteiger partial charge in [-0.2, -0.15) is 0 Å². The van der Waals surface area contributed by atoms with Crippen molar-refractivity contribution >= 4 is 23.4 Å². The van der Waals surface area contributed by atoms with Crippen LogP contribution in [0.1, 0.15) is 37.8 Å². The van der Waals surface area contributed by atoms with Crippen LogP contribution in [-0.4, -0.2) is 38.5 Å². The van der Waals surface area contributed by atoms with Crippen LogP contribution in [0.4, 0.5) is 5.69 Å². The highest BCUT2D eigenvalue weighted by molar-refractivity contribution is 6.06. The number of likely N-dealkylation sites (tertiary alicyclic amines) is 1. The van der Waals surface area contributed by atoms with Crippen molar-refractivity contribution in [3.8, 4) is 5.69 Å². The molecule has 34 heavy (non-hydrogen) atoms. The van der Waals surface area contributed by atoms with Gasteiger partial charge in [-0.25, -0.2) is 4.68 Å². The molecule has 2 aliphatic carbocycles. The van der Waals surface area contributed by atoms with Crippen LogP contribution in [0.25, 0.3) is 5.69 Å². The van der Waals surface area contributed by atoms with Crippen LogP contribution >= 0.6 is 0 Å². The number of aromatic nitrogens is 2. The zero-order chi connectivity index (χ0) is 24.0. The van der Waals surface area contributed by atoms with Gasteiger partial charge < -0.3 is 5.32 Å². The van der Waals surface area contributed by atoms with Crippen molar-refractivity contribution in [3.05, 3.63) is 58.5 Å². The summed E-state index contributed by atoms with van der Waals surface area (Å²) >= 11 is 0. The standard InChI is InChI=1S/C26H30N4O4/c1-16-23(26(34)30(28(16)2)19-9-5-3-6-10-19)27-20(31)11-7-4-8-14-29-24(32)21-17-12-13-18(15-17)22(21)25(29)33/h3,5-6,9-10,12-13,17-18,21-22H,4,7-8,11,14-15H2,1-2H3,(H,27,31). The minimum Gasteiger partial charge on any atom is -0.320 e. The van der Waals surface area contributed by atoms with Crippen LogP contribution in [-0.2, 0) is 21.4 Å². The van der Waals surface area contributed by atoms with E-state index in [1.54, 1.807) is 18.7 Å². The third kappa shape index (κ3) is 3.61. The van der Waals surface area contributed by atoms with Gasteiger partial charge in [0.15, 0.2) is 0 Å². The second-order valence-electron chi connectivity index (χ2n) is 9.62. The summed E-state index contributed by atoms with van der Waals surface area (Å²) in [7, 11) is 1.79. The van der Waals surface area contributed by atoms with E-state index in [-0.39, 0.29) is 53.4 Å². The van der Waals surface area contributed by atoms with E-state index in [1.165, 1.54) is 9.58 Å². The van der Waals surface area contributed by atoms with Crippen molar-refractivity contribution in [2.24, 2.45) is 30.7 Å². The second-order valence-corrected chi connectivity index (χ2v) is 9.62. The first-order valence-corrected chi connectivity index (χ1v) is 12.1. The molecule has 2 aromatic rings. The van der Waals surface area contributed by atoms with Gasteiger partial charge in [-0.1, -0.05) is 36.8 Å². The maximum Gasteiger partial charge on any atom is 0.295 e. The van der Waals surface area contributed by atoms with E-state index in [4.69, 9.17) is 0 Å². The van der Waals surface area contributed by atoms with Crippen molar-refractivity contribution in [1.29, 1.82) is 0 Å². The monoisotopic (exact) mass is 462 g/mol. The predicted molar refractivity (Wildman–Crippen MR) is 127 cm³/mol. The molecule has 5 rings (SSSR count). The van der Waals surface area contributed by atoms with Gasteiger partial charge in [0.05, 0.1) is 23.2 Å². The lowest BCUT2D eigenvalue weighted by molar-refractivity contribution is -0.140. The molecule has 2 bridgehead atoms. The van der Waals surface area contributed by atoms with E-state index < -0.39 is 0 Å². The fraction of sp³-hybridized carbons (Fsp3) is 0.462. The van der Waals surface area contributed by atoms with E-state index in [1.807, 2.05) is 30.3 Å².